The summed E-state index contributed by atoms with van der Waals surface area (Å²) >= 11 is 0. The number of hydrogen-bond acceptors (Lipinski definition) is 3. The molecule has 3 nitrogen and oxygen atoms in total. The first-order valence-corrected chi connectivity index (χ1v) is 6.90. The number of ether oxygens (including phenoxy) is 1. The number of hydrogen-bond donors (Lipinski definition) is 2. The molecular formula is C15H26N2O. The second-order valence-corrected chi connectivity index (χ2v) is 4.95. The zero-order valence-corrected chi connectivity index (χ0v) is 11.8. The molecule has 1 aromatic rings. The van der Waals surface area contributed by atoms with Crippen LogP contribution in [0.3, 0.4) is 0 Å². The second kappa shape index (κ2) is 8.11. The van der Waals surface area contributed by atoms with Crippen LogP contribution in [0.15, 0.2) is 24.3 Å². The average Bonchev–Trinajstić information content (AvgIpc) is 2.35. The zero-order chi connectivity index (χ0) is 13.4. The zero-order valence-electron chi connectivity index (χ0n) is 11.8. The highest BCUT2D eigenvalue weighted by atomic mass is 16.5. The van der Waals surface area contributed by atoms with Gasteiger partial charge in [0.05, 0.1) is 6.10 Å². The lowest BCUT2D eigenvalue weighted by Crippen LogP contribution is -2.27. The molecule has 1 atom stereocenters. The number of rotatable bonds is 8. The highest BCUT2D eigenvalue weighted by Gasteiger charge is 2.09. The van der Waals surface area contributed by atoms with E-state index < -0.39 is 0 Å². The van der Waals surface area contributed by atoms with Crippen molar-refractivity contribution in [2.75, 3.05) is 0 Å². The lowest BCUT2D eigenvalue weighted by atomic mass is 10.0. The molecule has 0 amide bonds. The molecule has 0 saturated heterocycles. The van der Waals surface area contributed by atoms with E-state index in [2.05, 4.69) is 24.5 Å². The van der Waals surface area contributed by atoms with Crippen LogP contribution in [0.1, 0.15) is 58.1 Å². The van der Waals surface area contributed by atoms with Gasteiger partial charge in [0.25, 0.3) is 0 Å². The first-order chi connectivity index (χ1) is 8.67. The molecule has 0 bridgehead atoms. The molecule has 0 radical (unpaired) electrons. The molecule has 102 valence electrons. The van der Waals surface area contributed by atoms with Crippen LogP contribution in [0, 0.1) is 0 Å². The van der Waals surface area contributed by atoms with Crippen molar-refractivity contribution in [2.45, 2.75) is 58.6 Å². The fourth-order valence-corrected chi connectivity index (χ4v) is 2.00. The third-order valence-corrected chi connectivity index (χ3v) is 2.95. The highest BCUT2D eigenvalue weighted by Crippen LogP contribution is 2.22. The summed E-state index contributed by atoms with van der Waals surface area (Å²) in [6.07, 6.45) is 4.99. The largest absolute Gasteiger partial charge is 0.491 e. The highest BCUT2D eigenvalue weighted by molar-refractivity contribution is 5.29. The monoisotopic (exact) mass is 250 g/mol. The van der Waals surface area contributed by atoms with Crippen molar-refractivity contribution < 1.29 is 4.74 Å². The number of benzene rings is 1. The van der Waals surface area contributed by atoms with Crippen LogP contribution < -0.4 is 16.0 Å². The minimum Gasteiger partial charge on any atom is -0.491 e. The van der Waals surface area contributed by atoms with Crippen LogP contribution in [-0.4, -0.2) is 6.10 Å². The van der Waals surface area contributed by atoms with Gasteiger partial charge in [0, 0.05) is 6.04 Å². The standard InChI is InChI=1S/C15H26N2O/c1-4-5-6-7-15(17-16)13-8-10-14(11-9-13)18-12(2)3/h8-12,15,17H,4-7,16H2,1-3H3. The molecule has 1 rings (SSSR count). The molecule has 1 unspecified atom stereocenters. The molecule has 0 aromatic heterocycles. The van der Waals surface area contributed by atoms with Crippen molar-refractivity contribution in [2.24, 2.45) is 5.84 Å². The van der Waals surface area contributed by atoms with Crippen molar-refractivity contribution in [3.8, 4) is 5.75 Å². The first-order valence-electron chi connectivity index (χ1n) is 6.90. The van der Waals surface area contributed by atoms with Gasteiger partial charge in [-0.2, -0.15) is 0 Å². The molecule has 0 spiro atoms. The summed E-state index contributed by atoms with van der Waals surface area (Å²) in [4.78, 5) is 0. The van der Waals surface area contributed by atoms with E-state index in [1.165, 1.54) is 24.8 Å². The van der Waals surface area contributed by atoms with Gasteiger partial charge in [-0.3, -0.25) is 11.3 Å². The van der Waals surface area contributed by atoms with E-state index in [1.54, 1.807) is 0 Å². The summed E-state index contributed by atoms with van der Waals surface area (Å²) in [6, 6.07) is 8.45. The Kier molecular flexibility index (Phi) is 6.76. The molecule has 0 aliphatic heterocycles. The number of hydrazine groups is 1. The van der Waals surface area contributed by atoms with Gasteiger partial charge in [-0.15, -0.1) is 0 Å². The molecule has 0 saturated carbocycles. The third kappa shape index (κ3) is 5.07. The van der Waals surface area contributed by atoms with Crippen molar-refractivity contribution in [3.05, 3.63) is 29.8 Å². The molecule has 18 heavy (non-hydrogen) atoms. The maximum Gasteiger partial charge on any atom is 0.119 e. The second-order valence-electron chi connectivity index (χ2n) is 4.95. The lowest BCUT2D eigenvalue weighted by molar-refractivity contribution is 0.242. The molecule has 0 heterocycles. The van der Waals surface area contributed by atoms with Gasteiger partial charge in [-0.05, 0) is 38.0 Å². The fraction of sp³-hybridized carbons (Fsp3) is 0.600. The molecule has 3 N–H and O–H groups in total. The van der Waals surface area contributed by atoms with E-state index >= 15 is 0 Å². The van der Waals surface area contributed by atoms with Crippen LogP contribution in [-0.2, 0) is 0 Å². The van der Waals surface area contributed by atoms with E-state index in [-0.39, 0.29) is 12.1 Å². The Morgan fingerprint density at radius 3 is 2.33 bits per heavy atom. The third-order valence-electron chi connectivity index (χ3n) is 2.95. The minimum atomic E-state index is 0.212. The maximum absolute atomic E-state index is 5.63. The SMILES string of the molecule is CCCCCC(NN)c1ccc(OC(C)C)cc1. The van der Waals surface area contributed by atoms with Gasteiger partial charge < -0.3 is 4.74 Å². The van der Waals surface area contributed by atoms with Crippen molar-refractivity contribution >= 4 is 0 Å². The van der Waals surface area contributed by atoms with E-state index in [0.717, 1.165) is 12.2 Å². The van der Waals surface area contributed by atoms with Crippen molar-refractivity contribution in [3.63, 3.8) is 0 Å². The summed E-state index contributed by atoms with van der Waals surface area (Å²) in [5.41, 5.74) is 4.12. The Hall–Kier alpha value is -1.06. The quantitative estimate of drug-likeness (QED) is 0.421. The lowest BCUT2D eigenvalue weighted by Gasteiger charge is -2.17. The summed E-state index contributed by atoms with van der Waals surface area (Å²) in [6.45, 7) is 6.27. The topological polar surface area (TPSA) is 47.3 Å². The van der Waals surface area contributed by atoms with Crippen LogP contribution in [0.2, 0.25) is 0 Å². The molecule has 1 aromatic carbocycles. The predicted octanol–water partition coefficient (Wildman–Crippen LogP) is 3.56. The van der Waals surface area contributed by atoms with Crippen molar-refractivity contribution in [1.82, 2.24) is 5.43 Å². The Balaban J connectivity index is 2.57. The Bertz CT molecular complexity index is 322. The van der Waals surface area contributed by atoms with Crippen LogP contribution >= 0.6 is 0 Å². The van der Waals surface area contributed by atoms with E-state index in [4.69, 9.17) is 10.6 Å². The van der Waals surface area contributed by atoms with Crippen LogP contribution in [0.4, 0.5) is 0 Å². The van der Waals surface area contributed by atoms with Gasteiger partial charge in [0.2, 0.25) is 0 Å². The Morgan fingerprint density at radius 2 is 1.83 bits per heavy atom. The molecular weight excluding hydrogens is 224 g/mol. The van der Waals surface area contributed by atoms with Gasteiger partial charge >= 0.3 is 0 Å². The summed E-state index contributed by atoms with van der Waals surface area (Å²) in [7, 11) is 0. The van der Waals surface area contributed by atoms with Gasteiger partial charge in [-0.1, -0.05) is 38.3 Å². The smallest absolute Gasteiger partial charge is 0.119 e. The van der Waals surface area contributed by atoms with E-state index in [9.17, 15) is 0 Å². The fourth-order valence-electron chi connectivity index (χ4n) is 2.00. The Morgan fingerprint density at radius 1 is 1.17 bits per heavy atom. The normalized spacial score (nSPS) is 12.7. The average molecular weight is 250 g/mol. The van der Waals surface area contributed by atoms with Crippen LogP contribution in [0.25, 0.3) is 0 Å². The van der Waals surface area contributed by atoms with Gasteiger partial charge in [0.1, 0.15) is 5.75 Å². The van der Waals surface area contributed by atoms with Gasteiger partial charge in [-0.25, -0.2) is 0 Å². The van der Waals surface area contributed by atoms with E-state index in [1.807, 2.05) is 26.0 Å². The number of nitrogens with two attached hydrogens (primary N) is 1. The molecule has 0 fully saturated rings. The number of unbranched alkanes of at least 4 members (excludes halogenated alkanes) is 2. The molecule has 0 aliphatic rings. The first kappa shape index (κ1) is 15.0. The van der Waals surface area contributed by atoms with E-state index in [0.29, 0.717) is 0 Å². The van der Waals surface area contributed by atoms with Gasteiger partial charge in [0.15, 0.2) is 0 Å². The molecule has 0 aliphatic carbocycles. The van der Waals surface area contributed by atoms with Crippen LogP contribution in [0.5, 0.6) is 5.75 Å². The van der Waals surface area contributed by atoms with Crippen molar-refractivity contribution in [1.29, 1.82) is 0 Å². The number of nitrogens with one attached hydrogen (secondary N) is 1. The molecule has 3 heteroatoms. The predicted molar refractivity (Wildman–Crippen MR) is 76.4 cm³/mol. The summed E-state index contributed by atoms with van der Waals surface area (Å²) in [5, 5.41) is 0. The Labute approximate surface area is 111 Å². The summed E-state index contributed by atoms with van der Waals surface area (Å²) in [5.74, 6) is 6.54. The minimum absolute atomic E-state index is 0.212. The maximum atomic E-state index is 5.63. The summed E-state index contributed by atoms with van der Waals surface area (Å²) < 4.78 is 5.63.